The van der Waals surface area contributed by atoms with Crippen LogP contribution in [0, 0.1) is 13.8 Å². The second-order valence-electron chi connectivity index (χ2n) is 20.1. The summed E-state index contributed by atoms with van der Waals surface area (Å²) >= 11 is 2.97. The minimum atomic E-state index is -4.74. The van der Waals surface area contributed by atoms with Crippen LogP contribution in [0.3, 0.4) is 0 Å². The summed E-state index contributed by atoms with van der Waals surface area (Å²) in [6.45, 7) is 7.44. The van der Waals surface area contributed by atoms with E-state index < -0.39 is 48.0 Å². The van der Waals surface area contributed by atoms with Gasteiger partial charge in [-0.2, -0.15) is 36.5 Å². The van der Waals surface area contributed by atoms with Crippen molar-refractivity contribution in [1.29, 1.82) is 0 Å². The van der Waals surface area contributed by atoms with Crippen molar-refractivity contribution in [3.8, 4) is 0 Å². The lowest BCUT2D eigenvalue weighted by Gasteiger charge is -2.41. The smallest absolute Gasteiger partial charge is 0.411 e. The van der Waals surface area contributed by atoms with Gasteiger partial charge in [0.15, 0.2) is 29.4 Å². The van der Waals surface area contributed by atoms with E-state index in [0.717, 1.165) is 44.4 Å². The Kier molecular flexibility index (Phi) is 15.7. The lowest BCUT2D eigenvalue weighted by molar-refractivity contribution is -0.142. The molecule has 2 saturated heterocycles. The minimum absolute atomic E-state index is 0.0156. The molecule has 17 nitrogen and oxygen atoms in total. The van der Waals surface area contributed by atoms with E-state index in [1.807, 2.05) is 69.1 Å². The molecule has 4 aliphatic heterocycles. The van der Waals surface area contributed by atoms with E-state index in [4.69, 9.17) is 19.6 Å². The first-order valence-electron chi connectivity index (χ1n) is 25.5. The number of likely N-dealkylation sites (tertiary alicyclic amines) is 2. The van der Waals surface area contributed by atoms with Crippen LogP contribution in [0.25, 0.3) is 0 Å². The monoisotopic (exact) mass is 1120 g/mol. The van der Waals surface area contributed by atoms with Crippen LogP contribution >= 0.6 is 22.7 Å². The van der Waals surface area contributed by atoms with Crippen molar-refractivity contribution in [2.24, 2.45) is 20.6 Å². The standard InChI is InChI=1S/C53H56F6N12O5S2/c1-29-21-47(52(54,55)56)62-70(29)25-43(68-17-13-33(14-18-68)50-60-41(27-77-50)39-23-45(75-66-39)37-11-7-5-9-35(37)31(3)64-73)49(72)44(26-71-30(2)22-48(63-71)53(57,58)59)69-19-15-34(16-20-69)51-61-42(28-78-51)40-24-46(76-67-40)38-12-8-6-10-36(38)32(4)65-74/h5-12,21-22,27-28,33-34,43-46,73-74H,13-20,23-26H2,1-4H3. The fourth-order valence-corrected chi connectivity index (χ4v) is 12.8. The van der Waals surface area contributed by atoms with E-state index in [1.165, 1.54) is 45.9 Å². The highest BCUT2D eigenvalue weighted by atomic mass is 32.1. The van der Waals surface area contributed by atoms with Gasteiger partial charge in [0.05, 0.1) is 58.0 Å². The van der Waals surface area contributed by atoms with E-state index in [0.29, 0.717) is 98.9 Å². The van der Waals surface area contributed by atoms with Crippen LogP contribution in [-0.4, -0.2) is 117 Å². The Morgan fingerprint density at radius 3 is 1.40 bits per heavy atom. The molecule has 0 radical (unpaired) electrons. The average molecular weight is 1120 g/mol. The molecule has 4 atom stereocenters. The predicted molar refractivity (Wildman–Crippen MR) is 279 cm³/mol. The van der Waals surface area contributed by atoms with Gasteiger partial charge < -0.3 is 20.1 Å². The van der Waals surface area contributed by atoms with Crippen LogP contribution < -0.4 is 0 Å². The number of Topliss-reactive ketones (excluding diaryl/α,β-unsaturated/α-hetero) is 1. The number of ketones is 1. The number of carbonyl (C=O) groups excluding carboxylic acids is 1. The van der Waals surface area contributed by atoms with Crippen LogP contribution in [0.2, 0.25) is 0 Å². The molecule has 0 saturated carbocycles. The quantitative estimate of drug-likeness (QED) is 0.0405. The maximum atomic E-state index is 15.6. The maximum Gasteiger partial charge on any atom is 0.435 e. The number of hydrogen-bond donors (Lipinski definition) is 2. The van der Waals surface area contributed by atoms with Crippen molar-refractivity contribution in [1.82, 2.24) is 39.3 Å². The molecule has 8 heterocycles. The molecule has 412 valence electrons. The van der Waals surface area contributed by atoms with E-state index >= 15 is 4.79 Å². The third kappa shape index (κ3) is 11.5. The van der Waals surface area contributed by atoms with Gasteiger partial charge in [0, 0.05) is 69.1 Å². The number of hydrogen-bond acceptors (Lipinski definition) is 17. The second kappa shape index (κ2) is 22.5. The number of carbonyl (C=O) groups is 1. The van der Waals surface area contributed by atoms with Crippen LogP contribution in [0.15, 0.2) is 92.0 Å². The normalized spacial score (nSPS) is 20.4. The zero-order valence-electron chi connectivity index (χ0n) is 42.9. The summed E-state index contributed by atoms with van der Waals surface area (Å²) in [4.78, 5) is 41.2. The van der Waals surface area contributed by atoms with Gasteiger partial charge in [-0.15, -0.1) is 22.7 Å². The van der Waals surface area contributed by atoms with E-state index in [1.54, 1.807) is 13.8 Å². The van der Waals surface area contributed by atoms with Gasteiger partial charge in [-0.25, -0.2) is 9.97 Å². The molecule has 0 amide bonds. The number of alkyl halides is 6. The Hall–Kier alpha value is -6.83. The van der Waals surface area contributed by atoms with Crippen LogP contribution in [-0.2, 0) is 39.9 Å². The topological polar surface area (TPSA) is 193 Å². The summed E-state index contributed by atoms with van der Waals surface area (Å²) in [7, 11) is 0. The number of nitrogens with zero attached hydrogens (tertiary/aromatic N) is 12. The zero-order valence-corrected chi connectivity index (χ0v) is 44.6. The lowest BCUT2D eigenvalue weighted by atomic mass is 9.91. The fourth-order valence-electron chi connectivity index (χ4n) is 10.8. The molecular weight excluding hydrogens is 1060 g/mol. The van der Waals surface area contributed by atoms with Crippen LogP contribution in [0.4, 0.5) is 26.3 Å². The zero-order chi connectivity index (χ0) is 55.0. The minimum Gasteiger partial charge on any atom is -0.411 e. The van der Waals surface area contributed by atoms with Crippen molar-refractivity contribution < 1.29 is 51.2 Å². The van der Waals surface area contributed by atoms with Gasteiger partial charge in [0.1, 0.15) is 11.4 Å². The molecular formula is C53H56F6N12O5S2. The van der Waals surface area contributed by atoms with Gasteiger partial charge in [0.2, 0.25) is 0 Å². The number of aromatic nitrogens is 6. The largest absolute Gasteiger partial charge is 0.435 e. The summed E-state index contributed by atoms with van der Waals surface area (Å²) in [5, 5.41) is 47.9. The summed E-state index contributed by atoms with van der Waals surface area (Å²) in [6, 6.07) is 14.8. The number of oxime groups is 4. The highest BCUT2D eigenvalue weighted by molar-refractivity contribution is 7.10. The molecule has 0 spiro atoms. The summed E-state index contributed by atoms with van der Waals surface area (Å²) in [5.41, 5.74) is 4.91. The number of aryl methyl sites for hydroxylation is 2. The SMILES string of the molecule is CC(=NO)c1ccccc1C1CC(c2csc(C3CCN(C(Cn4nc(C(F)(F)F)cc4C)C(=O)C(Cn4nc(C(F)(F)F)cc4C)N4CCC(c5nc(C6=NOC(c7ccccc7C(C)=NO)C6)cs5)CC4)CC3)n2)=NO1. The molecule has 2 aromatic carbocycles. The Morgan fingerprint density at radius 2 is 1.04 bits per heavy atom. The number of thiazole rings is 2. The predicted octanol–water partition coefficient (Wildman–Crippen LogP) is 10.5. The molecule has 4 unspecified atom stereocenters. The summed E-state index contributed by atoms with van der Waals surface area (Å²) in [5.74, 6) is -0.394. The third-order valence-corrected chi connectivity index (χ3v) is 17.2. The number of rotatable bonds is 16. The molecule has 2 fully saturated rings. The Balaban J connectivity index is 0.868. The van der Waals surface area contributed by atoms with Crippen molar-refractivity contribution in [3.05, 3.63) is 138 Å². The average Bonchev–Trinajstić information content (AvgIpc) is 4.34. The van der Waals surface area contributed by atoms with Gasteiger partial charge >= 0.3 is 12.4 Å². The summed E-state index contributed by atoms with van der Waals surface area (Å²) in [6.07, 6.45) is -7.18. The molecule has 2 N–H and O–H groups in total. The van der Waals surface area contributed by atoms with Crippen molar-refractivity contribution >= 4 is 51.3 Å². The van der Waals surface area contributed by atoms with Crippen molar-refractivity contribution in [2.75, 3.05) is 26.2 Å². The number of halogens is 6. The third-order valence-electron chi connectivity index (χ3n) is 15.2. The Labute approximate surface area is 452 Å². The maximum absolute atomic E-state index is 15.6. The van der Waals surface area contributed by atoms with Crippen LogP contribution in [0.1, 0.15) is 143 Å². The number of benzene rings is 2. The molecule has 0 aliphatic carbocycles. The first kappa shape index (κ1) is 54.5. The first-order chi connectivity index (χ1) is 37.4. The highest BCUT2D eigenvalue weighted by Crippen LogP contribution is 2.39. The lowest BCUT2D eigenvalue weighted by Crippen LogP contribution is -2.57. The fraction of sp³-hybridized carbons (Fsp3) is 0.453. The molecule has 25 heteroatoms. The molecule has 4 aromatic heterocycles. The van der Waals surface area contributed by atoms with Gasteiger partial charge in [0.25, 0.3) is 0 Å². The molecule has 6 aromatic rings. The van der Waals surface area contributed by atoms with Crippen LogP contribution in [0.5, 0.6) is 0 Å². The summed E-state index contributed by atoms with van der Waals surface area (Å²) < 4.78 is 86.9. The number of piperidine rings is 2. The van der Waals surface area contributed by atoms with E-state index in [9.17, 15) is 36.8 Å². The second-order valence-corrected chi connectivity index (χ2v) is 21.9. The highest BCUT2D eigenvalue weighted by Gasteiger charge is 2.42. The Morgan fingerprint density at radius 1 is 0.654 bits per heavy atom. The van der Waals surface area contributed by atoms with Crippen molar-refractivity contribution in [2.45, 2.75) is 128 Å². The van der Waals surface area contributed by atoms with E-state index in [2.05, 4.69) is 30.8 Å². The Bertz CT molecular complexity index is 3060. The van der Waals surface area contributed by atoms with Gasteiger partial charge in [-0.05, 0) is 91.7 Å². The molecule has 0 bridgehead atoms. The van der Waals surface area contributed by atoms with E-state index in [-0.39, 0.29) is 42.1 Å². The van der Waals surface area contributed by atoms with Crippen molar-refractivity contribution in [3.63, 3.8) is 0 Å². The molecule has 10 rings (SSSR count). The van der Waals surface area contributed by atoms with Gasteiger partial charge in [-0.3, -0.25) is 24.0 Å². The molecule has 4 aliphatic rings. The van der Waals surface area contributed by atoms with Gasteiger partial charge in [-0.1, -0.05) is 69.2 Å². The molecule has 78 heavy (non-hydrogen) atoms. The first-order valence-corrected chi connectivity index (χ1v) is 27.3.